The van der Waals surface area contributed by atoms with Crippen LogP contribution in [0.3, 0.4) is 0 Å². The maximum absolute atomic E-state index is 11.7. The van der Waals surface area contributed by atoms with Gasteiger partial charge in [-0.3, -0.25) is 4.79 Å². The molecule has 3 aliphatic rings. The van der Waals surface area contributed by atoms with Gasteiger partial charge in [-0.15, -0.1) is 0 Å². The molecule has 4 rings (SSSR count). The Bertz CT molecular complexity index is 549. The van der Waals surface area contributed by atoms with Crippen molar-refractivity contribution in [3.63, 3.8) is 0 Å². The van der Waals surface area contributed by atoms with Crippen molar-refractivity contribution >= 4 is 17.3 Å². The van der Waals surface area contributed by atoms with E-state index in [1.54, 1.807) is 0 Å². The van der Waals surface area contributed by atoms with Crippen LogP contribution in [-0.2, 0) is 4.79 Å². The maximum atomic E-state index is 11.7. The zero-order valence-corrected chi connectivity index (χ0v) is 11.6. The second-order valence-electron chi connectivity index (χ2n) is 6.18. The fraction of sp³-hybridized carbons (Fsp3) is 0.471. The minimum atomic E-state index is 0.253. The Morgan fingerprint density at radius 1 is 1.20 bits per heavy atom. The van der Waals surface area contributed by atoms with Gasteiger partial charge >= 0.3 is 0 Å². The standard InChI is InChI=1S/C17H20N2O/c20-17-5-2-10-19(17)14-8-6-13(7-9-14)18-16-11-12-3-1-4-15(12)16/h1,4,6-9,12,15-16,18H,2-3,5,10-11H2. The monoisotopic (exact) mass is 268 g/mol. The van der Waals surface area contributed by atoms with Gasteiger partial charge in [0.15, 0.2) is 0 Å². The van der Waals surface area contributed by atoms with Gasteiger partial charge in [0.05, 0.1) is 0 Å². The van der Waals surface area contributed by atoms with Gasteiger partial charge in [0, 0.05) is 36.3 Å². The van der Waals surface area contributed by atoms with Crippen LogP contribution in [0.1, 0.15) is 25.7 Å². The van der Waals surface area contributed by atoms with Crippen molar-refractivity contribution in [2.75, 3.05) is 16.8 Å². The zero-order valence-electron chi connectivity index (χ0n) is 11.6. The molecular weight excluding hydrogens is 248 g/mol. The predicted molar refractivity (Wildman–Crippen MR) is 80.8 cm³/mol. The summed E-state index contributed by atoms with van der Waals surface area (Å²) in [6.07, 6.45) is 8.90. The minimum Gasteiger partial charge on any atom is -0.382 e. The highest BCUT2D eigenvalue weighted by Crippen LogP contribution is 2.44. The number of hydrogen-bond acceptors (Lipinski definition) is 2. The molecule has 2 fully saturated rings. The summed E-state index contributed by atoms with van der Waals surface area (Å²) in [7, 11) is 0. The summed E-state index contributed by atoms with van der Waals surface area (Å²) in [5.41, 5.74) is 2.20. The number of allylic oxidation sites excluding steroid dienone is 1. The van der Waals surface area contributed by atoms with Crippen molar-refractivity contribution in [2.24, 2.45) is 11.8 Å². The zero-order chi connectivity index (χ0) is 13.5. The molecule has 0 radical (unpaired) electrons. The lowest BCUT2D eigenvalue weighted by atomic mass is 9.71. The number of carbonyl (C=O) groups is 1. The molecule has 1 amide bonds. The SMILES string of the molecule is O=C1CCCN1c1ccc(NC2CC3CC=CC32)cc1. The van der Waals surface area contributed by atoms with E-state index in [0.717, 1.165) is 30.5 Å². The molecule has 3 unspecified atom stereocenters. The predicted octanol–water partition coefficient (Wildman–Crippen LogP) is 3.19. The molecule has 0 bridgehead atoms. The third-order valence-electron chi connectivity index (χ3n) is 4.97. The van der Waals surface area contributed by atoms with Crippen molar-refractivity contribution in [3.05, 3.63) is 36.4 Å². The average molecular weight is 268 g/mol. The second-order valence-corrected chi connectivity index (χ2v) is 6.18. The lowest BCUT2D eigenvalue weighted by molar-refractivity contribution is -0.117. The molecule has 1 aromatic rings. The van der Waals surface area contributed by atoms with E-state index in [1.165, 1.54) is 18.5 Å². The van der Waals surface area contributed by atoms with Crippen LogP contribution in [0.5, 0.6) is 0 Å². The summed E-state index contributed by atoms with van der Waals surface area (Å²) in [6.45, 7) is 0.864. The van der Waals surface area contributed by atoms with Crippen LogP contribution in [-0.4, -0.2) is 18.5 Å². The molecule has 1 heterocycles. The van der Waals surface area contributed by atoms with Crippen LogP contribution in [0.15, 0.2) is 36.4 Å². The number of carbonyl (C=O) groups excluding carboxylic acids is 1. The van der Waals surface area contributed by atoms with Gasteiger partial charge in [-0.05, 0) is 49.4 Å². The first-order valence-corrected chi connectivity index (χ1v) is 7.65. The third kappa shape index (κ3) is 1.92. The van der Waals surface area contributed by atoms with Crippen LogP contribution in [0.25, 0.3) is 0 Å². The van der Waals surface area contributed by atoms with Gasteiger partial charge in [-0.1, -0.05) is 12.2 Å². The Balaban J connectivity index is 1.42. The lowest BCUT2D eigenvalue weighted by Crippen LogP contribution is -2.43. The van der Waals surface area contributed by atoms with E-state index in [2.05, 4.69) is 41.7 Å². The molecule has 2 aliphatic carbocycles. The molecule has 1 N–H and O–H groups in total. The first kappa shape index (κ1) is 12.0. The first-order valence-electron chi connectivity index (χ1n) is 7.65. The van der Waals surface area contributed by atoms with Crippen LogP contribution >= 0.6 is 0 Å². The van der Waals surface area contributed by atoms with E-state index in [4.69, 9.17) is 0 Å². The van der Waals surface area contributed by atoms with Crippen molar-refractivity contribution in [2.45, 2.75) is 31.7 Å². The number of amides is 1. The number of rotatable bonds is 3. The number of benzene rings is 1. The highest BCUT2D eigenvalue weighted by molar-refractivity contribution is 5.95. The smallest absolute Gasteiger partial charge is 0.227 e. The molecule has 0 spiro atoms. The van der Waals surface area contributed by atoms with Crippen LogP contribution in [0.2, 0.25) is 0 Å². The van der Waals surface area contributed by atoms with Crippen molar-refractivity contribution in [1.82, 2.24) is 0 Å². The molecule has 1 aliphatic heterocycles. The van der Waals surface area contributed by atoms with E-state index in [-0.39, 0.29) is 5.91 Å². The number of anilines is 2. The fourth-order valence-corrected chi connectivity index (χ4v) is 3.76. The third-order valence-corrected chi connectivity index (χ3v) is 4.97. The summed E-state index contributed by atoms with van der Waals surface area (Å²) >= 11 is 0. The number of nitrogens with zero attached hydrogens (tertiary/aromatic N) is 1. The molecule has 0 aromatic heterocycles. The van der Waals surface area contributed by atoms with Gasteiger partial charge in [0.25, 0.3) is 0 Å². The van der Waals surface area contributed by atoms with E-state index < -0.39 is 0 Å². The Morgan fingerprint density at radius 2 is 2.05 bits per heavy atom. The molecular formula is C17H20N2O. The van der Waals surface area contributed by atoms with Gasteiger partial charge in [0.2, 0.25) is 5.91 Å². The van der Waals surface area contributed by atoms with Crippen molar-refractivity contribution in [3.8, 4) is 0 Å². The van der Waals surface area contributed by atoms with Gasteiger partial charge < -0.3 is 10.2 Å². The van der Waals surface area contributed by atoms with Crippen molar-refractivity contribution in [1.29, 1.82) is 0 Å². The van der Waals surface area contributed by atoms with Gasteiger partial charge in [0.1, 0.15) is 0 Å². The Kier molecular flexibility index (Phi) is 2.79. The lowest BCUT2D eigenvalue weighted by Gasteiger charge is -2.41. The number of hydrogen-bond donors (Lipinski definition) is 1. The van der Waals surface area contributed by atoms with Crippen LogP contribution < -0.4 is 10.2 Å². The van der Waals surface area contributed by atoms with Crippen LogP contribution in [0, 0.1) is 11.8 Å². The first-order chi connectivity index (χ1) is 9.81. The Labute approximate surface area is 119 Å². The molecule has 1 aromatic carbocycles. The highest BCUT2D eigenvalue weighted by Gasteiger charge is 2.40. The quantitative estimate of drug-likeness (QED) is 0.854. The minimum absolute atomic E-state index is 0.253. The average Bonchev–Trinajstić information content (AvgIpc) is 3.03. The summed E-state index contributed by atoms with van der Waals surface area (Å²) < 4.78 is 0. The van der Waals surface area contributed by atoms with Gasteiger partial charge in [-0.2, -0.15) is 0 Å². The fourth-order valence-electron chi connectivity index (χ4n) is 3.76. The molecule has 104 valence electrons. The second kappa shape index (κ2) is 4.65. The Hall–Kier alpha value is -1.77. The summed E-state index contributed by atoms with van der Waals surface area (Å²) in [5, 5.41) is 3.62. The topological polar surface area (TPSA) is 32.3 Å². The van der Waals surface area contributed by atoms with Crippen molar-refractivity contribution < 1.29 is 4.79 Å². The molecule has 3 atom stereocenters. The normalized spacial score (nSPS) is 31.3. The molecule has 3 nitrogen and oxygen atoms in total. The molecule has 1 saturated carbocycles. The van der Waals surface area contributed by atoms with Crippen LogP contribution in [0.4, 0.5) is 11.4 Å². The summed E-state index contributed by atoms with van der Waals surface area (Å²) in [6, 6.07) is 8.93. The highest BCUT2D eigenvalue weighted by atomic mass is 16.2. The van der Waals surface area contributed by atoms with E-state index >= 15 is 0 Å². The largest absolute Gasteiger partial charge is 0.382 e. The molecule has 1 saturated heterocycles. The number of fused-ring (bicyclic) bond motifs is 1. The van der Waals surface area contributed by atoms with E-state index in [0.29, 0.717) is 12.5 Å². The molecule has 3 heteroatoms. The summed E-state index contributed by atoms with van der Waals surface area (Å²) in [5.74, 6) is 1.87. The molecule has 20 heavy (non-hydrogen) atoms. The Morgan fingerprint density at radius 3 is 2.75 bits per heavy atom. The maximum Gasteiger partial charge on any atom is 0.227 e. The van der Waals surface area contributed by atoms with Gasteiger partial charge in [-0.25, -0.2) is 0 Å². The van der Waals surface area contributed by atoms with E-state index in [1.807, 2.05) is 4.90 Å². The summed E-state index contributed by atoms with van der Waals surface area (Å²) in [4.78, 5) is 13.6. The van der Waals surface area contributed by atoms with E-state index in [9.17, 15) is 4.79 Å². The number of nitrogens with one attached hydrogen (secondary N) is 1.